The van der Waals surface area contributed by atoms with Gasteiger partial charge in [-0.05, 0) is 19.4 Å². The van der Waals surface area contributed by atoms with Gasteiger partial charge in [0.05, 0.1) is 0 Å². The highest BCUT2D eigenvalue weighted by Gasteiger charge is 2.32. The third kappa shape index (κ3) is 2.99. The molecular weight excluding hydrogens is 282 g/mol. The molecule has 2 aromatic rings. The number of hydrogen-bond acceptors (Lipinski definition) is 5. The zero-order valence-corrected chi connectivity index (χ0v) is 12.7. The molecule has 1 aliphatic rings. The van der Waals surface area contributed by atoms with Crippen LogP contribution in [0.3, 0.4) is 0 Å². The lowest BCUT2D eigenvalue weighted by Gasteiger charge is -2.18. The van der Waals surface area contributed by atoms with Gasteiger partial charge in [-0.25, -0.2) is 15.0 Å². The molecule has 1 saturated heterocycles. The minimum Gasteiger partial charge on any atom is -0.370 e. The number of hydrogen-bond donors (Lipinski definition) is 1. The zero-order valence-electron chi connectivity index (χ0n) is 12.7. The molecule has 22 heavy (non-hydrogen) atoms. The van der Waals surface area contributed by atoms with Crippen molar-refractivity contribution in [1.82, 2.24) is 24.8 Å². The quantitative estimate of drug-likeness (QED) is 0.912. The van der Waals surface area contributed by atoms with Gasteiger partial charge in [-0.1, -0.05) is 0 Å². The summed E-state index contributed by atoms with van der Waals surface area (Å²) < 4.78 is 7.73. The number of amides is 1. The molecule has 0 radical (unpaired) electrons. The maximum absolute atomic E-state index is 12.1. The number of imidazole rings is 1. The first kappa shape index (κ1) is 14.6. The van der Waals surface area contributed by atoms with Crippen LogP contribution in [-0.2, 0) is 11.8 Å². The summed E-state index contributed by atoms with van der Waals surface area (Å²) >= 11 is 0. The largest absolute Gasteiger partial charge is 0.370 e. The number of ether oxygens (including phenoxy) is 1. The molecule has 3 heterocycles. The minimum absolute atomic E-state index is 0.0845. The zero-order chi connectivity index (χ0) is 15.5. The second kappa shape index (κ2) is 6.23. The van der Waals surface area contributed by atoms with Gasteiger partial charge >= 0.3 is 0 Å². The molecule has 7 nitrogen and oxygen atoms in total. The van der Waals surface area contributed by atoms with Crippen LogP contribution in [0, 0.1) is 12.8 Å². The molecule has 0 aromatic carbocycles. The maximum Gasteiger partial charge on any atom is 0.289 e. The molecule has 2 atom stereocenters. The SMILES string of the molecule is Cc1ccnc(C(=O)NC[C@@H]2CCO[C@H]2c2nccn2C)n1. The van der Waals surface area contributed by atoms with Crippen molar-refractivity contribution in [3.05, 3.63) is 42.0 Å². The topological polar surface area (TPSA) is 81.9 Å². The molecule has 1 fully saturated rings. The van der Waals surface area contributed by atoms with Crippen molar-refractivity contribution >= 4 is 5.91 Å². The van der Waals surface area contributed by atoms with Crippen molar-refractivity contribution < 1.29 is 9.53 Å². The molecule has 1 N–H and O–H groups in total. The van der Waals surface area contributed by atoms with Gasteiger partial charge in [-0.15, -0.1) is 0 Å². The van der Waals surface area contributed by atoms with E-state index in [0.717, 1.165) is 17.9 Å². The number of nitrogens with zero attached hydrogens (tertiary/aromatic N) is 4. The van der Waals surface area contributed by atoms with Gasteiger partial charge < -0.3 is 14.6 Å². The van der Waals surface area contributed by atoms with E-state index < -0.39 is 0 Å². The van der Waals surface area contributed by atoms with Crippen LogP contribution in [-0.4, -0.2) is 38.6 Å². The fourth-order valence-corrected chi connectivity index (χ4v) is 2.64. The van der Waals surface area contributed by atoms with E-state index >= 15 is 0 Å². The number of carbonyl (C=O) groups is 1. The van der Waals surface area contributed by atoms with Crippen LogP contribution in [0.25, 0.3) is 0 Å². The number of carbonyl (C=O) groups excluding carboxylic acids is 1. The number of nitrogens with one attached hydrogen (secondary N) is 1. The molecule has 0 aliphatic carbocycles. The van der Waals surface area contributed by atoms with Crippen molar-refractivity contribution in [3.63, 3.8) is 0 Å². The number of rotatable bonds is 4. The predicted octanol–water partition coefficient (Wildman–Crippen LogP) is 1.03. The van der Waals surface area contributed by atoms with Gasteiger partial charge in [0, 0.05) is 50.4 Å². The van der Waals surface area contributed by atoms with Gasteiger partial charge in [0.1, 0.15) is 11.9 Å². The summed E-state index contributed by atoms with van der Waals surface area (Å²) in [6.45, 7) is 3.03. The van der Waals surface area contributed by atoms with Gasteiger partial charge in [0.15, 0.2) is 0 Å². The van der Waals surface area contributed by atoms with Gasteiger partial charge in [0.25, 0.3) is 5.91 Å². The molecule has 1 aliphatic heterocycles. The molecule has 0 spiro atoms. The van der Waals surface area contributed by atoms with E-state index in [2.05, 4.69) is 20.3 Å². The summed E-state index contributed by atoms with van der Waals surface area (Å²) in [5.41, 5.74) is 0.773. The van der Waals surface area contributed by atoms with Crippen molar-refractivity contribution in [2.45, 2.75) is 19.4 Å². The smallest absolute Gasteiger partial charge is 0.289 e. The monoisotopic (exact) mass is 301 g/mol. The molecule has 2 aromatic heterocycles. The second-order valence-corrected chi connectivity index (χ2v) is 5.47. The molecule has 3 rings (SSSR count). The summed E-state index contributed by atoms with van der Waals surface area (Å²) in [5, 5.41) is 2.90. The normalized spacial score (nSPS) is 21.0. The fourth-order valence-electron chi connectivity index (χ4n) is 2.64. The Hall–Kier alpha value is -2.28. The van der Waals surface area contributed by atoms with Crippen molar-refractivity contribution in [2.24, 2.45) is 13.0 Å². The highest BCUT2D eigenvalue weighted by molar-refractivity contribution is 5.90. The Kier molecular flexibility index (Phi) is 4.15. The average molecular weight is 301 g/mol. The van der Waals surface area contributed by atoms with Gasteiger partial charge in [0.2, 0.25) is 5.82 Å². The Morgan fingerprint density at radius 3 is 3.05 bits per heavy atom. The van der Waals surface area contributed by atoms with Gasteiger partial charge in [-0.2, -0.15) is 0 Å². The van der Waals surface area contributed by atoms with Crippen LogP contribution in [0.1, 0.15) is 34.7 Å². The van der Waals surface area contributed by atoms with E-state index in [4.69, 9.17) is 4.74 Å². The van der Waals surface area contributed by atoms with Crippen molar-refractivity contribution in [3.8, 4) is 0 Å². The van der Waals surface area contributed by atoms with E-state index in [9.17, 15) is 4.79 Å². The molecule has 0 saturated carbocycles. The van der Waals surface area contributed by atoms with Crippen molar-refractivity contribution in [1.29, 1.82) is 0 Å². The lowest BCUT2D eigenvalue weighted by molar-refractivity contribution is 0.0777. The van der Waals surface area contributed by atoms with E-state index in [0.29, 0.717) is 13.2 Å². The Balaban J connectivity index is 1.63. The summed E-state index contributed by atoms with van der Waals surface area (Å²) in [6.07, 6.45) is 6.05. The Bertz CT molecular complexity index is 669. The minimum atomic E-state index is -0.255. The average Bonchev–Trinajstić information content (AvgIpc) is 3.12. The molecule has 7 heteroatoms. The van der Waals surface area contributed by atoms with E-state index in [1.165, 1.54) is 0 Å². The Morgan fingerprint density at radius 2 is 2.32 bits per heavy atom. The Morgan fingerprint density at radius 1 is 1.45 bits per heavy atom. The first-order chi connectivity index (χ1) is 10.6. The molecule has 1 amide bonds. The first-order valence-corrected chi connectivity index (χ1v) is 7.32. The highest BCUT2D eigenvalue weighted by atomic mass is 16.5. The molecule has 0 bridgehead atoms. The number of aromatic nitrogens is 4. The van der Waals surface area contributed by atoms with Crippen LogP contribution >= 0.6 is 0 Å². The first-order valence-electron chi connectivity index (χ1n) is 7.32. The molecule has 116 valence electrons. The lowest BCUT2D eigenvalue weighted by Crippen LogP contribution is -2.32. The van der Waals surface area contributed by atoms with E-state index in [-0.39, 0.29) is 23.8 Å². The molecule has 0 unspecified atom stereocenters. The maximum atomic E-state index is 12.1. The summed E-state index contributed by atoms with van der Waals surface area (Å²) in [4.78, 5) is 24.6. The summed E-state index contributed by atoms with van der Waals surface area (Å²) in [7, 11) is 1.94. The predicted molar refractivity (Wildman–Crippen MR) is 79.1 cm³/mol. The highest BCUT2D eigenvalue weighted by Crippen LogP contribution is 2.32. The standard InChI is InChI=1S/C15H19N5O2/c1-10-3-5-16-13(19-10)15(21)18-9-11-4-8-22-12(11)14-17-6-7-20(14)2/h3,5-7,11-12H,4,8-9H2,1-2H3,(H,18,21)/t11-,12+/m0/s1. The lowest BCUT2D eigenvalue weighted by atomic mass is 10.0. The third-order valence-corrected chi connectivity index (χ3v) is 3.85. The van der Waals surface area contributed by atoms with Crippen LogP contribution < -0.4 is 5.32 Å². The van der Waals surface area contributed by atoms with Gasteiger partial charge in [-0.3, -0.25) is 4.79 Å². The second-order valence-electron chi connectivity index (χ2n) is 5.47. The van der Waals surface area contributed by atoms with Crippen LogP contribution in [0.4, 0.5) is 0 Å². The van der Waals surface area contributed by atoms with Crippen LogP contribution in [0.15, 0.2) is 24.7 Å². The van der Waals surface area contributed by atoms with Crippen LogP contribution in [0.5, 0.6) is 0 Å². The molecular formula is C15H19N5O2. The number of aryl methyl sites for hydroxylation is 2. The summed E-state index contributed by atoms with van der Waals surface area (Å²) in [6, 6.07) is 1.76. The fraction of sp³-hybridized carbons (Fsp3) is 0.467. The third-order valence-electron chi connectivity index (χ3n) is 3.85. The van der Waals surface area contributed by atoms with E-state index in [1.54, 1.807) is 18.5 Å². The van der Waals surface area contributed by atoms with E-state index in [1.807, 2.05) is 24.7 Å². The Labute approximate surface area is 128 Å². The van der Waals surface area contributed by atoms with Crippen molar-refractivity contribution in [2.75, 3.05) is 13.2 Å². The van der Waals surface area contributed by atoms with Crippen LogP contribution in [0.2, 0.25) is 0 Å². The summed E-state index contributed by atoms with van der Waals surface area (Å²) in [5.74, 6) is 1.04.